The Morgan fingerprint density at radius 2 is 1.80 bits per heavy atom. The van der Waals surface area contributed by atoms with Crippen LogP contribution in [0.2, 0.25) is 5.15 Å². The molecule has 20 heavy (non-hydrogen) atoms. The molecule has 0 aliphatic rings. The molecule has 106 valence electrons. The van der Waals surface area contributed by atoms with E-state index >= 15 is 0 Å². The van der Waals surface area contributed by atoms with Crippen LogP contribution in [0.5, 0.6) is 6.01 Å². The van der Waals surface area contributed by atoms with Crippen LogP contribution in [-0.4, -0.2) is 17.1 Å². The van der Waals surface area contributed by atoms with E-state index in [1.165, 1.54) is 25.3 Å². The Balaban J connectivity index is 2.20. The minimum absolute atomic E-state index is 0.0620. The highest BCUT2D eigenvalue weighted by molar-refractivity contribution is 6.29. The topological polar surface area (TPSA) is 47.0 Å². The van der Waals surface area contributed by atoms with E-state index in [2.05, 4.69) is 15.3 Å². The number of hydrogen-bond acceptors (Lipinski definition) is 4. The van der Waals surface area contributed by atoms with E-state index in [0.717, 1.165) is 12.1 Å². The SMILES string of the molecule is COc1nc(Cl)cc(Nc2ccc(C(F)(F)F)cc2)n1. The van der Waals surface area contributed by atoms with E-state index in [4.69, 9.17) is 16.3 Å². The molecule has 0 spiro atoms. The first-order valence-corrected chi connectivity index (χ1v) is 5.79. The maximum atomic E-state index is 12.4. The normalized spacial score (nSPS) is 11.2. The van der Waals surface area contributed by atoms with Crippen LogP contribution in [0.4, 0.5) is 24.7 Å². The molecule has 0 fully saturated rings. The molecule has 0 amide bonds. The first kappa shape index (κ1) is 14.4. The van der Waals surface area contributed by atoms with E-state index in [9.17, 15) is 13.2 Å². The molecule has 1 N–H and O–H groups in total. The van der Waals surface area contributed by atoms with Gasteiger partial charge in [-0.15, -0.1) is 0 Å². The smallest absolute Gasteiger partial charge is 0.416 e. The van der Waals surface area contributed by atoms with E-state index < -0.39 is 11.7 Å². The highest BCUT2D eigenvalue weighted by Crippen LogP contribution is 2.30. The minimum atomic E-state index is -4.36. The molecule has 0 aliphatic heterocycles. The van der Waals surface area contributed by atoms with E-state index in [-0.39, 0.29) is 11.2 Å². The van der Waals surface area contributed by atoms with Crippen molar-refractivity contribution in [1.82, 2.24) is 9.97 Å². The lowest BCUT2D eigenvalue weighted by Gasteiger charge is -2.09. The molecule has 1 aromatic carbocycles. The van der Waals surface area contributed by atoms with Gasteiger partial charge in [-0.3, -0.25) is 0 Å². The largest absolute Gasteiger partial charge is 0.467 e. The van der Waals surface area contributed by atoms with E-state index in [1.807, 2.05) is 0 Å². The van der Waals surface area contributed by atoms with Gasteiger partial charge in [-0.05, 0) is 24.3 Å². The number of methoxy groups -OCH3 is 1. The molecule has 0 radical (unpaired) electrons. The van der Waals surface area contributed by atoms with Crippen molar-refractivity contribution in [1.29, 1.82) is 0 Å². The number of aromatic nitrogens is 2. The molecule has 4 nitrogen and oxygen atoms in total. The third kappa shape index (κ3) is 3.51. The summed E-state index contributed by atoms with van der Waals surface area (Å²) < 4.78 is 42.1. The van der Waals surface area contributed by atoms with Gasteiger partial charge < -0.3 is 10.1 Å². The lowest BCUT2D eigenvalue weighted by atomic mass is 10.2. The molecule has 2 rings (SSSR count). The second-order valence-corrected chi connectivity index (χ2v) is 4.15. The van der Waals surface area contributed by atoms with Gasteiger partial charge in [0.1, 0.15) is 11.0 Å². The van der Waals surface area contributed by atoms with Crippen molar-refractivity contribution < 1.29 is 17.9 Å². The van der Waals surface area contributed by atoms with Gasteiger partial charge in [0.25, 0.3) is 0 Å². The van der Waals surface area contributed by atoms with E-state index in [1.54, 1.807) is 0 Å². The summed E-state index contributed by atoms with van der Waals surface area (Å²) in [5.41, 5.74) is -0.281. The second-order valence-electron chi connectivity index (χ2n) is 3.76. The molecule has 8 heteroatoms. The number of nitrogens with zero attached hydrogens (tertiary/aromatic N) is 2. The Labute approximate surface area is 117 Å². The Morgan fingerprint density at radius 3 is 2.35 bits per heavy atom. The number of nitrogens with one attached hydrogen (secondary N) is 1. The zero-order chi connectivity index (χ0) is 14.8. The van der Waals surface area contributed by atoms with Crippen LogP contribution in [0.15, 0.2) is 30.3 Å². The van der Waals surface area contributed by atoms with Crippen molar-refractivity contribution in [2.24, 2.45) is 0 Å². The van der Waals surface area contributed by atoms with Crippen LogP contribution in [-0.2, 0) is 6.18 Å². The predicted octanol–water partition coefficient (Wildman–Crippen LogP) is 3.90. The Morgan fingerprint density at radius 1 is 1.15 bits per heavy atom. The van der Waals surface area contributed by atoms with Crippen LogP contribution >= 0.6 is 11.6 Å². The molecule has 0 aliphatic carbocycles. The first-order chi connectivity index (χ1) is 9.38. The summed E-state index contributed by atoms with van der Waals surface area (Å²) in [5.74, 6) is 0.321. The summed E-state index contributed by atoms with van der Waals surface area (Å²) in [6, 6.07) is 6.04. The van der Waals surface area contributed by atoms with Gasteiger partial charge >= 0.3 is 12.2 Å². The Kier molecular flexibility index (Phi) is 3.99. The molecule has 0 atom stereocenters. The summed E-state index contributed by atoms with van der Waals surface area (Å²) in [6.07, 6.45) is -4.36. The van der Waals surface area contributed by atoms with Crippen molar-refractivity contribution in [3.8, 4) is 6.01 Å². The van der Waals surface area contributed by atoms with Crippen LogP contribution in [0.25, 0.3) is 0 Å². The predicted molar refractivity (Wildman–Crippen MR) is 68.3 cm³/mol. The number of rotatable bonds is 3. The van der Waals surface area contributed by atoms with Gasteiger partial charge in [0.05, 0.1) is 12.7 Å². The van der Waals surface area contributed by atoms with Crippen molar-refractivity contribution in [3.63, 3.8) is 0 Å². The molecule has 0 saturated heterocycles. The fraction of sp³-hybridized carbons (Fsp3) is 0.167. The van der Waals surface area contributed by atoms with E-state index in [0.29, 0.717) is 11.5 Å². The molecule has 2 aromatic rings. The molecule has 0 bridgehead atoms. The second kappa shape index (κ2) is 5.54. The molecule has 0 unspecified atom stereocenters. The monoisotopic (exact) mass is 303 g/mol. The van der Waals surface area contributed by atoms with Crippen LogP contribution in [0, 0.1) is 0 Å². The quantitative estimate of drug-likeness (QED) is 0.874. The molecular formula is C12H9ClF3N3O. The van der Waals surface area contributed by atoms with Gasteiger partial charge in [0.15, 0.2) is 0 Å². The number of benzene rings is 1. The van der Waals surface area contributed by atoms with Crippen LogP contribution in [0.1, 0.15) is 5.56 Å². The Bertz CT molecular complexity index is 602. The van der Waals surface area contributed by atoms with Crippen LogP contribution in [0.3, 0.4) is 0 Å². The zero-order valence-corrected chi connectivity index (χ0v) is 11.0. The highest BCUT2D eigenvalue weighted by atomic mass is 35.5. The van der Waals surface area contributed by atoms with Crippen molar-refractivity contribution >= 4 is 23.1 Å². The average Bonchev–Trinajstić information content (AvgIpc) is 2.37. The lowest BCUT2D eigenvalue weighted by Crippen LogP contribution is -2.04. The van der Waals surface area contributed by atoms with Gasteiger partial charge in [-0.25, -0.2) is 0 Å². The van der Waals surface area contributed by atoms with Crippen molar-refractivity contribution in [2.75, 3.05) is 12.4 Å². The third-order valence-electron chi connectivity index (χ3n) is 2.34. The third-order valence-corrected chi connectivity index (χ3v) is 2.54. The summed E-state index contributed by atoms with van der Waals surface area (Å²) >= 11 is 5.76. The van der Waals surface area contributed by atoms with Crippen LogP contribution < -0.4 is 10.1 Å². The van der Waals surface area contributed by atoms with Crippen molar-refractivity contribution in [3.05, 3.63) is 41.0 Å². The summed E-state index contributed by atoms with van der Waals surface area (Å²) in [4.78, 5) is 7.75. The Hall–Kier alpha value is -2.02. The number of hydrogen-bond donors (Lipinski definition) is 1. The summed E-state index contributed by atoms with van der Waals surface area (Å²) in [6.45, 7) is 0. The summed E-state index contributed by atoms with van der Waals surface area (Å²) in [7, 11) is 1.38. The average molecular weight is 304 g/mol. The van der Waals surface area contributed by atoms with Gasteiger partial charge in [-0.1, -0.05) is 11.6 Å². The summed E-state index contributed by atoms with van der Waals surface area (Å²) in [5, 5.41) is 2.97. The molecule has 1 aromatic heterocycles. The maximum Gasteiger partial charge on any atom is 0.416 e. The fourth-order valence-corrected chi connectivity index (χ4v) is 1.62. The zero-order valence-electron chi connectivity index (χ0n) is 10.2. The fourth-order valence-electron chi connectivity index (χ4n) is 1.44. The number of anilines is 2. The standard InChI is InChI=1S/C12H9ClF3N3O/c1-20-11-18-9(13)6-10(19-11)17-8-4-2-7(3-5-8)12(14,15)16/h2-6H,1H3,(H,17,18,19). The van der Waals surface area contributed by atoms with Crippen molar-refractivity contribution in [2.45, 2.75) is 6.18 Å². The number of ether oxygens (including phenoxy) is 1. The maximum absolute atomic E-state index is 12.4. The number of alkyl halides is 3. The van der Waals surface area contributed by atoms with Gasteiger partial charge in [0, 0.05) is 11.8 Å². The first-order valence-electron chi connectivity index (χ1n) is 5.41. The van der Waals surface area contributed by atoms with Gasteiger partial charge in [-0.2, -0.15) is 23.1 Å². The molecule has 1 heterocycles. The number of halogens is 4. The highest BCUT2D eigenvalue weighted by Gasteiger charge is 2.29. The molecular weight excluding hydrogens is 295 g/mol. The lowest BCUT2D eigenvalue weighted by molar-refractivity contribution is -0.137. The van der Waals surface area contributed by atoms with Gasteiger partial charge in [0.2, 0.25) is 0 Å². The minimum Gasteiger partial charge on any atom is -0.467 e. The molecule has 0 saturated carbocycles.